The average Bonchev–Trinajstić information content (AvgIpc) is 2.74. The summed E-state index contributed by atoms with van der Waals surface area (Å²) >= 11 is 0. The summed E-state index contributed by atoms with van der Waals surface area (Å²) in [5.74, 6) is 0.0992. The number of amides is 1. The fraction of sp³-hybridized carbons (Fsp3) is 0.467. The van der Waals surface area contributed by atoms with Crippen LogP contribution in [0.5, 0.6) is 0 Å². The van der Waals surface area contributed by atoms with Crippen molar-refractivity contribution in [1.29, 1.82) is 0 Å². The molecule has 1 atom stereocenters. The second kappa shape index (κ2) is 4.02. The van der Waals surface area contributed by atoms with Gasteiger partial charge < -0.3 is 14.2 Å². The minimum absolute atomic E-state index is 0.0992. The smallest absolute Gasteiger partial charge is 0.395 e. The number of anilines is 1. The summed E-state index contributed by atoms with van der Waals surface area (Å²) < 4.78 is 12.0. The number of hydrogen-bond donors (Lipinski definition) is 0. The molecule has 2 aliphatic heterocycles. The Bertz CT molecular complexity index is 566. The van der Waals surface area contributed by atoms with Gasteiger partial charge in [-0.2, -0.15) is 0 Å². The number of fused-ring (bicyclic) bond motifs is 1. The molecule has 104 valence electrons. The Labute approximate surface area is 120 Å². The third-order valence-corrected chi connectivity index (χ3v) is 4.55. The van der Waals surface area contributed by atoms with Crippen LogP contribution in [0.1, 0.15) is 26.3 Å². The zero-order valence-electron chi connectivity index (χ0n) is 12.4. The summed E-state index contributed by atoms with van der Waals surface area (Å²) in [5, 5.41) is 0. The lowest BCUT2D eigenvalue weighted by molar-refractivity contribution is -0.117. The molecule has 20 heavy (non-hydrogen) atoms. The van der Waals surface area contributed by atoms with E-state index >= 15 is 0 Å². The van der Waals surface area contributed by atoms with Crippen LogP contribution in [0.4, 0.5) is 5.69 Å². The van der Waals surface area contributed by atoms with Crippen LogP contribution in [-0.4, -0.2) is 31.3 Å². The van der Waals surface area contributed by atoms with Gasteiger partial charge in [0.25, 0.3) is 0 Å². The standard InChI is InChI=1S/C15H19BNO3/c1-14(2)15(3,4)20-16(19-14)11-7-6-8-12-10(11)9-13(18)17(12)5/h6-8H,1,9H2,2-5H3/q+1. The molecule has 2 heterocycles. The summed E-state index contributed by atoms with van der Waals surface area (Å²) in [7, 11) is 1.32. The highest BCUT2D eigenvalue weighted by Gasteiger charge is 2.57. The molecule has 4 nitrogen and oxygen atoms in total. The van der Waals surface area contributed by atoms with Crippen molar-refractivity contribution in [2.75, 3.05) is 11.9 Å². The van der Waals surface area contributed by atoms with Crippen molar-refractivity contribution in [3.8, 4) is 0 Å². The first-order valence-electron chi connectivity index (χ1n) is 6.82. The molecule has 3 rings (SSSR count). The molecule has 0 radical (unpaired) electrons. The van der Waals surface area contributed by atoms with Crippen molar-refractivity contribution in [1.82, 2.24) is 0 Å². The summed E-state index contributed by atoms with van der Waals surface area (Å²) in [6.45, 7) is 9.97. The molecule has 0 bridgehead atoms. The molecule has 0 aromatic heterocycles. The second-order valence-corrected chi connectivity index (χ2v) is 6.28. The Morgan fingerprint density at radius 2 is 2.00 bits per heavy atom. The van der Waals surface area contributed by atoms with Crippen molar-refractivity contribution >= 4 is 24.2 Å². The highest BCUT2D eigenvalue weighted by atomic mass is 16.7. The number of benzene rings is 1. The zero-order chi connectivity index (χ0) is 14.7. The first-order valence-corrected chi connectivity index (χ1v) is 6.82. The molecule has 1 fully saturated rings. The molecule has 1 amide bonds. The quantitative estimate of drug-likeness (QED) is 0.571. The number of carbonyl (C=O) groups excluding carboxylic acids is 1. The molecule has 0 N–H and O–H groups in total. The van der Waals surface area contributed by atoms with Crippen LogP contribution in [0.25, 0.3) is 0 Å². The van der Waals surface area contributed by atoms with E-state index in [-0.39, 0.29) is 5.91 Å². The van der Waals surface area contributed by atoms with Gasteiger partial charge in [-0.3, -0.25) is 4.79 Å². The molecule has 5 heteroatoms. The van der Waals surface area contributed by atoms with Crippen LogP contribution in [0.3, 0.4) is 0 Å². The number of hydrogen-bond acceptors (Lipinski definition) is 3. The van der Waals surface area contributed by atoms with Crippen LogP contribution < -0.4 is 10.4 Å². The number of rotatable bonds is 1. The maximum atomic E-state index is 11.9. The van der Waals surface area contributed by atoms with E-state index in [0.717, 1.165) is 16.7 Å². The SMILES string of the molecule is [CH2+]C1(C)OB(c2cccc3c2CC(=O)N3C)OC1(C)C. The molecule has 0 spiro atoms. The summed E-state index contributed by atoms with van der Waals surface area (Å²) in [4.78, 5) is 13.6. The topological polar surface area (TPSA) is 38.8 Å². The van der Waals surface area contributed by atoms with E-state index in [1.165, 1.54) is 0 Å². The monoisotopic (exact) mass is 272 g/mol. The molecule has 0 saturated carbocycles. The van der Waals surface area contributed by atoms with E-state index in [0.29, 0.717) is 6.42 Å². The fourth-order valence-electron chi connectivity index (χ4n) is 2.65. The molecule has 1 aromatic rings. The number of likely N-dealkylation sites (N-methyl/N-ethyl adjacent to an activating group) is 1. The Balaban J connectivity index is 2.01. The molecular weight excluding hydrogens is 253 g/mol. The minimum atomic E-state index is -0.616. The summed E-state index contributed by atoms with van der Waals surface area (Å²) in [6, 6.07) is 5.85. The first-order chi connectivity index (χ1) is 9.23. The van der Waals surface area contributed by atoms with Gasteiger partial charge in [-0.1, -0.05) is 12.1 Å². The van der Waals surface area contributed by atoms with Crippen molar-refractivity contribution in [3.63, 3.8) is 0 Å². The molecule has 1 unspecified atom stereocenters. The maximum absolute atomic E-state index is 11.9. The molecule has 1 saturated heterocycles. The van der Waals surface area contributed by atoms with Crippen LogP contribution in [0.2, 0.25) is 0 Å². The normalized spacial score (nSPS) is 28.1. The summed E-state index contributed by atoms with van der Waals surface area (Å²) in [5.41, 5.74) is 1.78. The van der Waals surface area contributed by atoms with Gasteiger partial charge in [-0.25, -0.2) is 0 Å². The van der Waals surface area contributed by atoms with Crippen LogP contribution in [0, 0.1) is 6.92 Å². The minimum Gasteiger partial charge on any atom is -0.395 e. The van der Waals surface area contributed by atoms with E-state index in [1.807, 2.05) is 39.0 Å². The molecule has 2 aliphatic rings. The van der Waals surface area contributed by atoms with Gasteiger partial charge in [0.05, 0.1) is 13.3 Å². The van der Waals surface area contributed by atoms with Crippen LogP contribution >= 0.6 is 0 Å². The molecular formula is C15H19BNO3+. The lowest BCUT2D eigenvalue weighted by Gasteiger charge is -2.25. The summed E-state index contributed by atoms with van der Waals surface area (Å²) in [6.07, 6.45) is 0.402. The highest BCUT2D eigenvalue weighted by molar-refractivity contribution is 6.63. The maximum Gasteiger partial charge on any atom is 0.498 e. The predicted molar refractivity (Wildman–Crippen MR) is 79.0 cm³/mol. The predicted octanol–water partition coefficient (Wildman–Crippen LogP) is 1.32. The van der Waals surface area contributed by atoms with Gasteiger partial charge in [0.1, 0.15) is 5.60 Å². The number of carbonyl (C=O) groups is 1. The Morgan fingerprint density at radius 1 is 1.30 bits per heavy atom. The Hall–Kier alpha value is -1.46. The zero-order valence-corrected chi connectivity index (χ0v) is 12.4. The van der Waals surface area contributed by atoms with E-state index in [1.54, 1.807) is 11.9 Å². The van der Waals surface area contributed by atoms with E-state index < -0.39 is 18.3 Å². The van der Waals surface area contributed by atoms with E-state index in [2.05, 4.69) is 6.92 Å². The van der Waals surface area contributed by atoms with Gasteiger partial charge in [0, 0.05) is 19.7 Å². The van der Waals surface area contributed by atoms with Crippen molar-refractivity contribution in [3.05, 3.63) is 30.7 Å². The van der Waals surface area contributed by atoms with E-state index in [9.17, 15) is 4.79 Å². The lowest BCUT2D eigenvalue weighted by atomic mass is 9.75. The Kier molecular flexibility index (Phi) is 2.72. The van der Waals surface area contributed by atoms with E-state index in [4.69, 9.17) is 9.31 Å². The third-order valence-electron chi connectivity index (χ3n) is 4.55. The molecule has 1 aromatic carbocycles. The van der Waals surface area contributed by atoms with Crippen LogP contribution in [0.15, 0.2) is 18.2 Å². The highest BCUT2D eigenvalue weighted by Crippen LogP contribution is 2.37. The van der Waals surface area contributed by atoms with Gasteiger partial charge in [-0.05, 0) is 30.9 Å². The Morgan fingerprint density at radius 3 is 2.60 bits per heavy atom. The van der Waals surface area contributed by atoms with Crippen LogP contribution in [-0.2, 0) is 20.5 Å². The third kappa shape index (κ3) is 1.77. The van der Waals surface area contributed by atoms with Crippen molar-refractivity contribution < 1.29 is 14.1 Å². The second-order valence-electron chi connectivity index (χ2n) is 6.28. The average molecular weight is 272 g/mol. The first kappa shape index (κ1) is 13.5. The van der Waals surface area contributed by atoms with Crippen molar-refractivity contribution in [2.45, 2.75) is 38.4 Å². The van der Waals surface area contributed by atoms with Gasteiger partial charge in [0.15, 0.2) is 0 Å². The lowest BCUT2D eigenvalue weighted by Crippen LogP contribution is -2.42. The fourth-order valence-corrected chi connectivity index (χ4v) is 2.65. The van der Waals surface area contributed by atoms with Gasteiger partial charge >= 0.3 is 7.12 Å². The number of nitrogens with zero attached hydrogens (tertiary/aromatic N) is 1. The van der Waals surface area contributed by atoms with Gasteiger partial charge in [-0.15, -0.1) is 0 Å². The van der Waals surface area contributed by atoms with Crippen molar-refractivity contribution in [2.24, 2.45) is 0 Å². The van der Waals surface area contributed by atoms with Gasteiger partial charge in [0.2, 0.25) is 11.5 Å². The molecule has 0 aliphatic carbocycles. The largest absolute Gasteiger partial charge is 0.498 e.